The summed E-state index contributed by atoms with van der Waals surface area (Å²) in [5.41, 5.74) is 3.89. The molecule has 38 heavy (non-hydrogen) atoms. The molecule has 2 amide bonds. The van der Waals surface area contributed by atoms with E-state index in [9.17, 15) is 14.0 Å². The van der Waals surface area contributed by atoms with Crippen LogP contribution in [-0.4, -0.2) is 39.9 Å². The fraction of sp³-hybridized carbons (Fsp3) is 0.414. The third-order valence-corrected chi connectivity index (χ3v) is 7.61. The fourth-order valence-electron chi connectivity index (χ4n) is 4.76. The molecule has 0 fully saturated rings. The number of halogens is 2. The zero-order valence-corrected chi connectivity index (χ0v) is 23.7. The van der Waals surface area contributed by atoms with E-state index < -0.39 is 22.3 Å². The average Bonchev–Trinajstić information content (AvgIpc) is 3.12. The van der Waals surface area contributed by atoms with Crippen molar-refractivity contribution in [3.63, 3.8) is 0 Å². The van der Waals surface area contributed by atoms with Gasteiger partial charge in [0.2, 0.25) is 11.8 Å². The molecule has 1 aliphatic rings. The maximum Gasteiger partial charge on any atom is 0.240 e. The van der Waals surface area contributed by atoms with Crippen LogP contribution in [0.1, 0.15) is 67.8 Å². The Balaban J connectivity index is 2.06. The molecule has 1 atom stereocenters. The summed E-state index contributed by atoms with van der Waals surface area (Å²) >= 11 is 1.26. The van der Waals surface area contributed by atoms with Crippen LogP contribution in [0, 0.1) is 25.5 Å². The van der Waals surface area contributed by atoms with Gasteiger partial charge in [-0.05, 0) is 45.4 Å². The number of nitrogens with zero attached hydrogens (tertiary/aromatic N) is 3. The normalized spacial score (nSPS) is 16.0. The zero-order chi connectivity index (χ0) is 27.9. The third-order valence-electron chi connectivity index (χ3n) is 6.38. The van der Waals surface area contributed by atoms with Crippen molar-refractivity contribution in [2.24, 2.45) is 0 Å². The van der Waals surface area contributed by atoms with Gasteiger partial charge in [0.25, 0.3) is 0 Å². The van der Waals surface area contributed by atoms with Crippen molar-refractivity contribution in [3.05, 3.63) is 76.0 Å². The zero-order valence-electron chi connectivity index (χ0n) is 22.9. The Morgan fingerprint density at radius 2 is 1.87 bits per heavy atom. The summed E-state index contributed by atoms with van der Waals surface area (Å²) in [5.74, 6) is -1.50. The van der Waals surface area contributed by atoms with Crippen LogP contribution in [0.5, 0.6) is 0 Å². The Bertz CT molecular complexity index is 1390. The molecule has 2 heterocycles. The van der Waals surface area contributed by atoms with Gasteiger partial charge in [-0.2, -0.15) is 5.10 Å². The number of hydrogen-bond donors (Lipinski definition) is 1. The first-order valence-corrected chi connectivity index (χ1v) is 13.7. The first-order chi connectivity index (χ1) is 17.8. The highest BCUT2D eigenvalue weighted by atomic mass is 32.2. The Morgan fingerprint density at radius 1 is 1.16 bits per heavy atom. The van der Waals surface area contributed by atoms with Crippen molar-refractivity contribution >= 4 is 29.4 Å². The Morgan fingerprint density at radius 3 is 2.47 bits per heavy atom. The van der Waals surface area contributed by atoms with Crippen LogP contribution in [0.3, 0.4) is 0 Å². The summed E-state index contributed by atoms with van der Waals surface area (Å²) in [6, 6.07) is 9.35. The van der Waals surface area contributed by atoms with E-state index in [1.807, 2.05) is 66.7 Å². The van der Waals surface area contributed by atoms with Crippen molar-refractivity contribution in [3.8, 4) is 5.69 Å². The van der Waals surface area contributed by atoms with Gasteiger partial charge in [-0.1, -0.05) is 44.5 Å². The van der Waals surface area contributed by atoms with Crippen molar-refractivity contribution in [2.75, 3.05) is 17.2 Å². The molecular weight excluding hydrogens is 506 g/mol. The highest BCUT2D eigenvalue weighted by molar-refractivity contribution is 8.00. The molecule has 0 spiro atoms. The molecule has 0 saturated carbocycles. The predicted molar refractivity (Wildman–Crippen MR) is 148 cm³/mol. The third kappa shape index (κ3) is 5.48. The van der Waals surface area contributed by atoms with Crippen molar-refractivity contribution in [2.45, 2.75) is 65.2 Å². The quantitative estimate of drug-likeness (QED) is 0.447. The number of thioether (sulfide) groups is 1. The number of carbonyl (C=O) groups excluding carboxylic acids is 2. The van der Waals surface area contributed by atoms with Crippen molar-refractivity contribution in [1.82, 2.24) is 15.1 Å². The van der Waals surface area contributed by atoms with Crippen molar-refractivity contribution < 1.29 is 18.4 Å². The number of amides is 2. The average molecular weight is 541 g/mol. The smallest absolute Gasteiger partial charge is 0.240 e. The van der Waals surface area contributed by atoms with Crippen molar-refractivity contribution in [1.29, 1.82) is 0 Å². The van der Waals surface area contributed by atoms with E-state index in [2.05, 4.69) is 5.32 Å². The maximum absolute atomic E-state index is 15.2. The van der Waals surface area contributed by atoms with Crippen LogP contribution in [0.15, 0.2) is 36.4 Å². The maximum atomic E-state index is 15.2. The van der Waals surface area contributed by atoms with E-state index in [4.69, 9.17) is 5.10 Å². The highest BCUT2D eigenvalue weighted by Gasteiger charge is 2.40. The molecule has 9 heteroatoms. The lowest BCUT2D eigenvalue weighted by Gasteiger charge is -2.25. The van der Waals surface area contributed by atoms with Gasteiger partial charge in [0.05, 0.1) is 22.4 Å². The summed E-state index contributed by atoms with van der Waals surface area (Å²) in [6.07, 6.45) is 0. The number of rotatable bonds is 5. The van der Waals surface area contributed by atoms with Gasteiger partial charge in [0, 0.05) is 28.7 Å². The molecular formula is C29H34F2N4O2S. The van der Waals surface area contributed by atoms with Gasteiger partial charge in [-0.15, -0.1) is 11.8 Å². The second-order valence-corrected chi connectivity index (χ2v) is 12.2. The molecule has 1 aliphatic heterocycles. The second kappa shape index (κ2) is 10.5. The van der Waals surface area contributed by atoms with Gasteiger partial charge in [0.1, 0.15) is 24.0 Å². The molecule has 0 unspecified atom stereocenters. The van der Waals surface area contributed by atoms with Crippen LogP contribution in [-0.2, 0) is 15.0 Å². The first-order valence-electron chi connectivity index (χ1n) is 12.6. The van der Waals surface area contributed by atoms with Gasteiger partial charge in [-0.3, -0.25) is 14.5 Å². The topological polar surface area (TPSA) is 67.2 Å². The lowest BCUT2D eigenvalue weighted by molar-refractivity contribution is -0.123. The van der Waals surface area contributed by atoms with E-state index in [0.717, 1.165) is 22.9 Å². The fourth-order valence-corrected chi connectivity index (χ4v) is 5.97. The monoisotopic (exact) mass is 540 g/mol. The molecule has 202 valence electrons. The minimum Gasteiger partial charge on any atom is -0.352 e. The standard InChI is InChI=1S/C29H34F2N4O2S/c1-16(2)32-23(36)14-34-24(37)15-38-26(20-10-9-19(30)13-21(20)31)25-27(29(5,6)7)33-35(28(25)34)22-11-8-17(3)12-18(22)4/h8-13,16,26H,14-15H2,1-7H3,(H,32,36)/t26-/m1/s1. The lowest BCUT2D eigenvalue weighted by atomic mass is 9.87. The SMILES string of the molecule is Cc1ccc(-n2nc(C(C)(C)C)c3c2N(CC(=O)NC(C)C)C(=O)CS[C@@H]3c2ccc(F)cc2F)c(C)c1. The summed E-state index contributed by atoms with van der Waals surface area (Å²) in [5, 5.41) is 7.25. The van der Waals surface area contributed by atoms with E-state index in [1.54, 1.807) is 4.68 Å². The van der Waals surface area contributed by atoms with Gasteiger partial charge < -0.3 is 5.32 Å². The van der Waals surface area contributed by atoms with E-state index in [0.29, 0.717) is 17.1 Å². The number of hydrogen-bond acceptors (Lipinski definition) is 4. The Hall–Kier alpha value is -3.20. The molecule has 3 aromatic rings. The van der Waals surface area contributed by atoms with Crippen LogP contribution >= 0.6 is 11.8 Å². The molecule has 0 radical (unpaired) electrons. The van der Waals surface area contributed by atoms with Gasteiger partial charge in [0.15, 0.2) is 0 Å². The summed E-state index contributed by atoms with van der Waals surface area (Å²) in [4.78, 5) is 28.0. The number of fused-ring (bicyclic) bond motifs is 1. The molecule has 2 aromatic carbocycles. The number of nitrogens with one attached hydrogen (secondary N) is 1. The minimum absolute atomic E-state index is 0.0155. The summed E-state index contributed by atoms with van der Waals surface area (Å²) in [6.45, 7) is 13.5. The van der Waals surface area contributed by atoms with Gasteiger partial charge in [-0.25, -0.2) is 13.5 Å². The van der Waals surface area contributed by atoms with Crippen LogP contribution in [0.2, 0.25) is 0 Å². The predicted octanol–water partition coefficient (Wildman–Crippen LogP) is 5.76. The largest absolute Gasteiger partial charge is 0.352 e. The van der Waals surface area contributed by atoms with E-state index in [1.165, 1.54) is 28.8 Å². The Kier molecular flexibility index (Phi) is 7.70. The number of anilines is 1. The number of benzene rings is 2. The molecule has 0 bridgehead atoms. The lowest BCUT2D eigenvalue weighted by Crippen LogP contribution is -2.44. The second-order valence-electron chi connectivity index (χ2n) is 11.1. The molecule has 4 rings (SSSR count). The van der Waals surface area contributed by atoms with E-state index in [-0.39, 0.29) is 35.7 Å². The molecule has 6 nitrogen and oxygen atoms in total. The molecule has 0 aliphatic carbocycles. The molecule has 0 saturated heterocycles. The number of aryl methyl sites for hydroxylation is 2. The van der Waals surface area contributed by atoms with Crippen LogP contribution in [0.4, 0.5) is 14.6 Å². The molecule has 1 aromatic heterocycles. The Labute approximate surface area is 226 Å². The van der Waals surface area contributed by atoms with Crippen LogP contribution in [0.25, 0.3) is 5.69 Å². The first kappa shape index (κ1) is 27.8. The summed E-state index contributed by atoms with van der Waals surface area (Å²) in [7, 11) is 0. The number of aromatic nitrogens is 2. The highest BCUT2D eigenvalue weighted by Crippen LogP contribution is 2.49. The van der Waals surface area contributed by atoms with Crippen LogP contribution < -0.4 is 10.2 Å². The summed E-state index contributed by atoms with van der Waals surface area (Å²) < 4.78 is 30.8. The number of carbonyl (C=O) groups is 2. The van der Waals surface area contributed by atoms with Gasteiger partial charge >= 0.3 is 0 Å². The minimum atomic E-state index is -0.689. The van der Waals surface area contributed by atoms with E-state index >= 15 is 4.39 Å². The molecule has 1 N–H and O–H groups in total.